The Balaban J connectivity index is 0.000000604. The van der Waals surface area contributed by atoms with Gasteiger partial charge in [-0.1, -0.05) is 42.3 Å². The summed E-state index contributed by atoms with van der Waals surface area (Å²) < 4.78 is 32.9. The van der Waals surface area contributed by atoms with Crippen LogP contribution in [0.2, 0.25) is 10.0 Å². The number of aromatic nitrogens is 1. The van der Waals surface area contributed by atoms with Crippen LogP contribution in [0.4, 0.5) is 13.2 Å². The second-order valence-corrected chi connectivity index (χ2v) is 8.64. The smallest absolute Gasteiger partial charge is 0.446 e. The normalized spacial score (nSPS) is 16.1. The minimum Gasteiger partial charge on any atom is -0.478 e. The number of pyridine rings is 1. The Morgan fingerprint density at radius 3 is 2.35 bits per heavy atom. The van der Waals surface area contributed by atoms with E-state index in [0.717, 1.165) is 30.6 Å². The zero-order valence-corrected chi connectivity index (χ0v) is 20.0. The van der Waals surface area contributed by atoms with Gasteiger partial charge in [-0.25, -0.2) is 4.79 Å². The van der Waals surface area contributed by atoms with Gasteiger partial charge in [0.15, 0.2) is 0 Å². The molecule has 1 aliphatic rings. The molecule has 1 N–H and O–H groups in total. The number of carbonyl (C=O) groups is 2. The molecular weight excluding hydrogens is 496 g/mol. The number of alkyl halides is 3. The summed E-state index contributed by atoms with van der Waals surface area (Å²) in [5.74, 6) is -0.956. The predicted molar refractivity (Wildman–Crippen MR) is 124 cm³/mol. The van der Waals surface area contributed by atoms with Gasteiger partial charge in [-0.15, -0.1) is 0 Å². The quantitative estimate of drug-likeness (QED) is 0.506. The maximum Gasteiger partial charge on any atom is 0.446 e. The van der Waals surface area contributed by atoms with E-state index in [2.05, 4.69) is 11.8 Å². The van der Waals surface area contributed by atoms with Crippen molar-refractivity contribution >= 4 is 35.5 Å². The predicted octanol–water partition coefficient (Wildman–Crippen LogP) is 5.22. The standard InChI is InChI=1S/C21H24Cl2N2O3.C2HF3O/c1-2-16-4-3-10-24(16)13-19-17(22)12-18(23)20(26)25(19)11-9-14-5-7-15(8-6-14)21(27)28;3-2(4,5)1-6/h5-8,12,16H,2-4,9-11,13H2,1H3,(H,27,28);1H. The molecule has 3 rings (SSSR count). The van der Waals surface area contributed by atoms with Crippen LogP contribution >= 0.6 is 23.2 Å². The molecule has 34 heavy (non-hydrogen) atoms. The fourth-order valence-electron chi connectivity index (χ4n) is 3.85. The minimum atomic E-state index is -4.64. The van der Waals surface area contributed by atoms with Gasteiger partial charge >= 0.3 is 12.1 Å². The molecule has 0 bridgehead atoms. The second kappa shape index (κ2) is 12.4. The van der Waals surface area contributed by atoms with Crippen LogP contribution in [0.5, 0.6) is 0 Å². The van der Waals surface area contributed by atoms with E-state index in [1.807, 2.05) is 0 Å². The largest absolute Gasteiger partial charge is 0.478 e. The third-order valence-electron chi connectivity index (χ3n) is 5.59. The summed E-state index contributed by atoms with van der Waals surface area (Å²) in [6.45, 7) is 4.25. The maximum absolute atomic E-state index is 12.7. The van der Waals surface area contributed by atoms with E-state index in [1.54, 1.807) is 28.8 Å². The highest BCUT2D eigenvalue weighted by atomic mass is 35.5. The van der Waals surface area contributed by atoms with Gasteiger partial charge in [0, 0.05) is 19.1 Å². The van der Waals surface area contributed by atoms with Gasteiger partial charge in [-0.05, 0) is 56.0 Å². The average Bonchev–Trinajstić information content (AvgIpc) is 3.24. The Morgan fingerprint density at radius 2 is 1.82 bits per heavy atom. The van der Waals surface area contributed by atoms with Crippen LogP contribution in [0.15, 0.2) is 35.1 Å². The summed E-state index contributed by atoms with van der Waals surface area (Å²) >= 11 is 12.6. The van der Waals surface area contributed by atoms with Crippen LogP contribution in [0, 0.1) is 0 Å². The van der Waals surface area contributed by atoms with Crippen molar-refractivity contribution in [3.8, 4) is 0 Å². The van der Waals surface area contributed by atoms with Crippen molar-refractivity contribution in [2.75, 3.05) is 6.54 Å². The zero-order chi connectivity index (χ0) is 25.5. The van der Waals surface area contributed by atoms with E-state index in [1.165, 1.54) is 12.5 Å². The number of carboxylic acids is 1. The summed E-state index contributed by atoms with van der Waals surface area (Å²) in [6, 6.07) is 8.74. The molecule has 6 nitrogen and oxygen atoms in total. The monoisotopic (exact) mass is 520 g/mol. The lowest BCUT2D eigenvalue weighted by Crippen LogP contribution is -2.33. The Kier molecular flexibility index (Phi) is 10.1. The molecule has 2 heterocycles. The van der Waals surface area contributed by atoms with Crippen LogP contribution in [-0.2, 0) is 24.3 Å². The lowest BCUT2D eigenvalue weighted by atomic mass is 10.1. The van der Waals surface area contributed by atoms with Crippen LogP contribution < -0.4 is 5.56 Å². The first kappa shape index (κ1) is 27.9. The first-order chi connectivity index (χ1) is 16.0. The number of aromatic carboxylic acids is 1. The van der Waals surface area contributed by atoms with Crippen molar-refractivity contribution in [2.24, 2.45) is 0 Å². The van der Waals surface area contributed by atoms with Crippen LogP contribution in [0.25, 0.3) is 0 Å². The molecule has 186 valence electrons. The number of aldehydes is 1. The van der Waals surface area contributed by atoms with Crippen LogP contribution in [-0.4, -0.2) is 45.6 Å². The highest BCUT2D eigenvalue weighted by Gasteiger charge is 2.26. The number of rotatable bonds is 7. The zero-order valence-electron chi connectivity index (χ0n) is 18.4. The summed E-state index contributed by atoms with van der Waals surface area (Å²) in [5, 5.41) is 9.64. The van der Waals surface area contributed by atoms with E-state index < -0.39 is 18.4 Å². The van der Waals surface area contributed by atoms with Gasteiger partial charge in [0.05, 0.1) is 16.3 Å². The second-order valence-electron chi connectivity index (χ2n) is 7.83. The lowest BCUT2D eigenvalue weighted by Gasteiger charge is -2.26. The minimum absolute atomic E-state index is 0.114. The van der Waals surface area contributed by atoms with E-state index in [0.29, 0.717) is 30.6 Å². The van der Waals surface area contributed by atoms with E-state index >= 15 is 0 Å². The molecule has 0 spiro atoms. The van der Waals surface area contributed by atoms with Gasteiger partial charge in [-0.2, -0.15) is 13.2 Å². The first-order valence-corrected chi connectivity index (χ1v) is 11.4. The van der Waals surface area contributed by atoms with Gasteiger partial charge in [0.2, 0.25) is 6.29 Å². The molecule has 1 fully saturated rings. The molecule has 11 heteroatoms. The third-order valence-corrected chi connectivity index (χ3v) is 6.18. The fraction of sp³-hybridized carbons (Fsp3) is 0.435. The molecule has 0 radical (unpaired) electrons. The molecular formula is C23H25Cl2F3N2O4. The molecule has 1 aromatic carbocycles. The molecule has 0 aliphatic carbocycles. The number of hydrogen-bond acceptors (Lipinski definition) is 4. The highest BCUT2D eigenvalue weighted by molar-refractivity contribution is 6.34. The Hall–Kier alpha value is -2.36. The fourth-order valence-corrected chi connectivity index (χ4v) is 4.38. The number of likely N-dealkylation sites (tertiary alicyclic amines) is 1. The van der Waals surface area contributed by atoms with Crippen molar-refractivity contribution in [1.29, 1.82) is 0 Å². The number of benzene rings is 1. The number of nitrogens with zero attached hydrogens (tertiary/aromatic N) is 2. The molecule has 0 saturated carbocycles. The number of carboxylic acid groups (broad SMARTS) is 1. The van der Waals surface area contributed by atoms with Crippen LogP contribution in [0.1, 0.15) is 47.8 Å². The molecule has 1 aromatic heterocycles. The molecule has 1 atom stereocenters. The molecule has 1 unspecified atom stereocenters. The lowest BCUT2D eigenvalue weighted by molar-refractivity contribution is -0.156. The van der Waals surface area contributed by atoms with Crippen molar-refractivity contribution in [3.63, 3.8) is 0 Å². The number of aryl methyl sites for hydroxylation is 1. The first-order valence-electron chi connectivity index (χ1n) is 10.6. The summed E-state index contributed by atoms with van der Waals surface area (Å²) in [5.41, 5.74) is 1.74. The topological polar surface area (TPSA) is 79.6 Å². The van der Waals surface area contributed by atoms with Gasteiger partial charge in [0.1, 0.15) is 5.02 Å². The van der Waals surface area contributed by atoms with E-state index in [9.17, 15) is 22.8 Å². The number of halogens is 5. The Morgan fingerprint density at radius 1 is 1.21 bits per heavy atom. The number of hydrogen-bond donors (Lipinski definition) is 1. The van der Waals surface area contributed by atoms with Crippen molar-refractivity contribution in [2.45, 2.75) is 57.9 Å². The SMILES string of the molecule is CCC1CCCN1Cc1c(Cl)cc(Cl)c(=O)n1CCc1ccc(C(=O)O)cc1.O=CC(F)(F)F. The van der Waals surface area contributed by atoms with Gasteiger partial charge in [-0.3, -0.25) is 14.5 Å². The maximum atomic E-state index is 12.7. The number of carbonyl (C=O) groups excluding carboxylic acids is 1. The van der Waals surface area contributed by atoms with Gasteiger partial charge in [0.25, 0.3) is 5.56 Å². The van der Waals surface area contributed by atoms with E-state index in [-0.39, 0.29) is 16.1 Å². The third kappa shape index (κ3) is 7.85. The molecule has 0 amide bonds. The Labute approximate surface area is 204 Å². The van der Waals surface area contributed by atoms with Crippen molar-refractivity contribution in [3.05, 3.63) is 67.6 Å². The van der Waals surface area contributed by atoms with Crippen molar-refractivity contribution in [1.82, 2.24) is 9.47 Å². The van der Waals surface area contributed by atoms with Crippen LogP contribution in [0.3, 0.4) is 0 Å². The van der Waals surface area contributed by atoms with E-state index in [4.69, 9.17) is 33.1 Å². The van der Waals surface area contributed by atoms with Gasteiger partial charge < -0.3 is 9.67 Å². The molecule has 2 aromatic rings. The highest BCUT2D eigenvalue weighted by Crippen LogP contribution is 2.26. The average molecular weight is 521 g/mol. The summed E-state index contributed by atoms with van der Waals surface area (Å²) in [7, 11) is 0. The summed E-state index contributed by atoms with van der Waals surface area (Å²) in [4.78, 5) is 34.8. The Bertz CT molecular complexity index is 1060. The summed E-state index contributed by atoms with van der Waals surface area (Å²) in [6.07, 6.45) is -1.72. The van der Waals surface area contributed by atoms with Crippen molar-refractivity contribution < 1.29 is 27.9 Å². The molecule has 1 saturated heterocycles. The molecule has 1 aliphatic heterocycles.